The number of aryl methyl sites for hydroxylation is 1. The Morgan fingerprint density at radius 3 is 2.85 bits per heavy atom. The molecule has 0 amide bonds. The Kier molecular flexibility index (Phi) is 3.99. The topological polar surface area (TPSA) is 38.7 Å². The van der Waals surface area contributed by atoms with Gasteiger partial charge in [-0.2, -0.15) is 0 Å². The van der Waals surface area contributed by atoms with Crippen molar-refractivity contribution in [2.45, 2.75) is 63.8 Å². The number of aliphatic hydroxyl groups is 1. The van der Waals surface area contributed by atoms with Gasteiger partial charge in [-0.1, -0.05) is 30.5 Å². The largest absolute Gasteiger partial charge is 0.491 e. The number of benzene rings is 1. The normalized spacial score (nSPS) is 24.4. The fourth-order valence-corrected chi connectivity index (χ4v) is 3.56. The Balaban J connectivity index is 1.57. The van der Waals surface area contributed by atoms with Gasteiger partial charge in [-0.15, -0.1) is 0 Å². The minimum Gasteiger partial charge on any atom is -0.491 e. The maximum absolute atomic E-state index is 9.39. The zero-order valence-electron chi connectivity index (χ0n) is 12.2. The molecule has 1 heterocycles. The van der Waals surface area contributed by atoms with E-state index in [2.05, 4.69) is 0 Å². The Morgan fingerprint density at radius 2 is 2.10 bits per heavy atom. The molecule has 1 N–H and O–H groups in total. The summed E-state index contributed by atoms with van der Waals surface area (Å²) in [5.74, 6) is 0.786. The van der Waals surface area contributed by atoms with Crippen LogP contribution in [0.2, 0.25) is 0 Å². The third-order valence-electron chi connectivity index (χ3n) is 4.66. The maximum atomic E-state index is 9.39. The van der Waals surface area contributed by atoms with Crippen LogP contribution < -0.4 is 4.74 Å². The van der Waals surface area contributed by atoms with Crippen LogP contribution in [-0.2, 0) is 11.3 Å². The van der Waals surface area contributed by atoms with E-state index in [0.717, 1.165) is 23.3 Å². The van der Waals surface area contributed by atoms with Gasteiger partial charge in [0.1, 0.15) is 12.4 Å². The third kappa shape index (κ3) is 2.84. The first-order chi connectivity index (χ1) is 9.71. The van der Waals surface area contributed by atoms with Crippen molar-refractivity contribution in [1.82, 2.24) is 0 Å². The molecule has 0 bridgehead atoms. The molecule has 3 heteroatoms. The minimum absolute atomic E-state index is 0.0203. The van der Waals surface area contributed by atoms with Crippen LogP contribution in [0.1, 0.15) is 49.7 Å². The molecule has 1 aliphatic carbocycles. The molecule has 1 saturated heterocycles. The summed E-state index contributed by atoms with van der Waals surface area (Å²) in [4.78, 5) is 0. The fraction of sp³-hybridized carbons (Fsp3) is 0.647. The van der Waals surface area contributed by atoms with Crippen molar-refractivity contribution in [1.29, 1.82) is 0 Å². The molecular formula is C17H24O3. The van der Waals surface area contributed by atoms with Gasteiger partial charge in [0.2, 0.25) is 0 Å². The maximum Gasteiger partial charge on any atom is 0.124 e. The summed E-state index contributed by atoms with van der Waals surface area (Å²) in [7, 11) is 0. The van der Waals surface area contributed by atoms with Gasteiger partial charge in [0.05, 0.1) is 18.3 Å². The van der Waals surface area contributed by atoms with Gasteiger partial charge in [-0.05, 0) is 38.7 Å². The summed E-state index contributed by atoms with van der Waals surface area (Å²) in [6.07, 6.45) is 7.54. The molecule has 1 aromatic rings. The Bertz CT molecular complexity index is 463. The second kappa shape index (κ2) is 5.74. The smallest absolute Gasteiger partial charge is 0.124 e. The highest BCUT2D eigenvalue weighted by molar-refractivity contribution is 5.36. The van der Waals surface area contributed by atoms with Crippen LogP contribution in [0.15, 0.2) is 18.2 Å². The first-order valence-electron chi connectivity index (χ1n) is 7.72. The molecule has 1 unspecified atom stereocenters. The molecule has 1 aromatic carbocycles. The molecule has 2 fully saturated rings. The molecule has 3 nitrogen and oxygen atoms in total. The predicted molar refractivity (Wildman–Crippen MR) is 77.9 cm³/mol. The van der Waals surface area contributed by atoms with Crippen molar-refractivity contribution in [2.75, 3.05) is 6.61 Å². The van der Waals surface area contributed by atoms with Crippen LogP contribution in [0.4, 0.5) is 0 Å². The molecule has 20 heavy (non-hydrogen) atoms. The van der Waals surface area contributed by atoms with Crippen molar-refractivity contribution >= 4 is 0 Å². The number of aliphatic hydroxyl groups excluding tert-OH is 1. The standard InChI is InChI=1S/C17H24O3/c1-13-4-5-16(14(10-13)11-18)19-12-15-6-9-17(20-15)7-2-3-8-17/h4-5,10,15,18H,2-3,6-9,11-12H2,1H3. The molecule has 1 atom stereocenters. The SMILES string of the molecule is Cc1ccc(OCC2CCC3(CCCC3)O2)c(CO)c1. The lowest BCUT2D eigenvalue weighted by atomic mass is 9.98. The van der Waals surface area contributed by atoms with E-state index in [1.54, 1.807) is 0 Å². The first kappa shape index (κ1) is 13.9. The van der Waals surface area contributed by atoms with Gasteiger partial charge in [0.25, 0.3) is 0 Å². The Hall–Kier alpha value is -1.06. The number of hydrogen-bond acceptors (Lipinski definition) is 3. The van der Waals surface area contributed by atoms with Gasteiger partial charge in [0, 0.05) is 5.56 Å². The van der Waals surface area contributed by atoms with Crippen LogP contribution in [0, 0.1) is 6.92 Å². The molecule has 0 radical (unpaired) electrons. The van der Waals surface area contributed by atoms with E-state index in [0.29, 0.717) is 6.61 Å². The van der Waals surface area contributed by atoms with Crippen molar-refractivity contribution in [3.63, 3.8) is 0 Å². The molecule has 3 rings (SSSR count). The lowest BCUT2D eigenvalue weighted by molar-refractivity contribution is -0.0510. The highest BCUT2D eigenvalue weighted by Gasteiger charge is 2.42. The van der Waals surface area contributed by atoms with Crippen LogP contribution in [-0.4, -0.2) is 23.4 Å². The van der Waals surface area contributed by atoms with Crippen LogP contribution in [0.3, 0.4) is 0 Å². The van der Waals surface area contributed by atoms with E-state index in [4.69, 9.17) is 9.47 Å². The quantitative estimate of drug-likeness (QED) is 0.916. The molecule has 2 aliphatic rings. The molecule has 0 aromatic heterocycles. The second-order valence-corrected chi connectivity index (χ2v) is 6.25. The molecular weight excluding hydrogens is 252 g/mol. The number of rotatable bonds is 4. The van der Waals surface area contributed by atoms with Crippen molar-refractivity contribution in [3.8, 4) is 5.75 Å². The lowest BCUT2D eigenvalue weighted by Gasteiger charge is -2.24. The number of ether oxygens (including phenoxy) is 2. The van der Waals surface area contributed by atoms with Gasteiger partial charge < -0.3 is 14.6 Å². The minimum atomic E-state index is 0.0203. The summed E-state index contributed by atoms with van der Waals surface area (Å²) < 4.78 is 12.1. The average molecular weight is 276 g/mol. The first-order valence-corrected chi connectivity index (χ1v) is 7.72. The summed E-state index contributed by atoms with van der Waals surface area (Å²) in [6.45, 7) is 2.64. The lowest BCUT2D eigenvalue weighted by Crippen LogP contribution is -2.27. The summed E-state index contributed by atoms with van der Waals surface area (Å²) in [6, 6.07) is 5.94. The molecule has 1 spiro atoms. The van der Waals surface area contributed by atoms with E-state index in [-0.39, 0.29) is 18.3 Å². The highest BCUT2D eigenvalue weighted by Crippen LogP contribution is 2.43. The van der Waals surface area contributed by atoms with E-state index in [9.17, 15) is 5.11 Å². The van der Waals surface area contributed by atoms with Crippen LogP contribution in [0.5, 0.6) is 5.75 Å². The fourth-order valence-electron chi connectivity index (χ4n) is 3.56. The van der Waals surface area contributed by atoms with Crippen molar-refractivity contribution in [2.24, 2.45) is 0 Å². The van der Waals surface area contributed by atoms with Gasteiger partial charge in [-0.3, -0.25) is 0 Å². The predicted octanol–water partition coefficient (Wildman–Crippen LogP) is 3.36. The summed E-state index contributed by atoms with van der Waals surface area (Å²) in [5, 5.41) is 9.39. The summed E-state index contributed by atoms with van der Waals surface area (Å²) >= 11 is 0. The van der Waals surface area contributed by atoms with E-state index in [1.807, 2.05) is 25.1 Å². The molecule has 110 valence electrons. The van der Waals surface area contributed by atoms with Crippen molar-refractivity contribution in [3.05, 3.63) is 29.3 Å². The zero-order valence-corrected chi connectivity index (χ0v) is 12.2. The van der Waals surface area contributed by atoms with Gasteiger partial charge in [-0.25, -0.2) is 0 Å². The van der Waals surface area contributed by atoms with Crippen LogP contribution >= 0.6 is 0 Å². The Labute approximate surface area is 120 Å². The van der Waals surface area contributed by atoms with E-state index >= 15 is 0 Å². The summed E-state index contributed by atoms with van der Waals surface area (Å²) in [5.41, 5.74) is 2.17. The zero-order chi connectivity index (χ0) is 14.0. The molecule has 1 saturated carbocycles. The van der Waals surface area contributed by atoms with Crippen molar-refractivity contribution < 1.29 is 14.6 Å². The van der Waals surface area contributed by atoms with Gasteiger partial charge >= 0.3 is 0 Å². The second-order valence-electron chi connectivity index (χ2n) is 6.25. The van der Waals surface area contributed by atoms with Crippen LogP contribution in [0.25, 0.3) is 0 Å². The average Bonchev–Trinajstić information content (AvgIpc) is 3.08. The number of hydrogen-bond donors (Lipinski definition) is 1. The highest BCUT2D eigenvalue weighted by atomic mass is 16.6. The van der Waals surface area contributed by atoms with E-state index in [1.165, 1.54) is 32.1 Å². The monoisotopic (exact) mass is 276 g/mol. The molecule has 1 aliphatic heterocycles. The van der Waals surface area contributed by atoms with E-state index < -0.39 is 0 Å². The third-order valence-corrected chi connectivity index (χ3v) is 4.66. The Morgan fingerprint density at radius 1 is 1.30 bits per heavy atom. The van der Waals surface area contributed by atoms with Gasteiger partial charge in [0.15, 0.2) is 0 Å².